The van der Waals surface area contributed by atoms with Crippen molar-refractivity contribution in [2.75, 3.05) is 0 Å². The van der Waals surface area contributed by atoms with Gasteiger partial charge in [-0.05, 0) is 19.1 Å². The van der Waals surface area contributed by atoms with E-state index in [0.717, 1.165) is 0 Å². The lowest BCUT2D eigenvalue weighted by atomic mass is 10.3. The summed E-state index contributed by atoms with van der Waals surface area (Å²) in [5, 5.41) is 3.94. The highest BCUT2D eigenvalue weighted by Gasteiger charge is 2.01. The average molecular weight is 177 g/mol. The van der Waals surface area contributed by atoms with E-state index in [1.807, 2.05) is 0 Å². The Labute approximate surface area is 74.8 Å². The molecular weight excluding hydrogens is 169 g/mol. The summed E-state index contributed by atoms with van der Waals surface area (Å²) in [5.41, 5.74) is 0.538. The Kier molecular flexibility index (Phi) is 1.81. The van der Waals surface area contributed by atoms with Crippen LogP contribution in [0.3, 0.4) is 0 Å². The molecule has 0 radical (unpaired) electrons. The van der Waals surface area contributed by atoms with E-state index in [0.29, 0.717) is 11.4 Å². The summed E-state index contributed by atoms with van der Waals surface area (Å²) in [5.74, 6) is 0.0427. The van der Waals surface area contributed by atoms with Gasteiger partial charge in [0, 0.05) is 18.0 Å². The van der Waals surface area contributed by atoms with Gasteiger partial charge in [0.05, 0.1) is 0 Å². The van der Waals surface area contributed by atoms with E-state index >= 15 is 0 Å². The first kappa shape index (κ1) is 7.91. The molecule has 0 atom stereocenters. The van der Waals surface area contributed by atoms with Crippen LogP contribution in [-0.4, -0.2) is 14.8 Å². The lowest BCUT2D eigenvalue weighted by Crippen LogP contribution is -2.00. The number of rotatable bonds is 1. The van der Waals surface area contributed by atoms with Gasteiger partial charge in [0.25, 0.3) is 0 Å². The van der Waals surface area contributed by atoms with Crippen molar-refractivity contribution in [3.63, 3.8) is 0 Å². The maximum absolute atomic E-state index is 13.0. The third-order valence-electron chi connectivity index (χ3n) is 1.76. The summed E-state index contributed by atoms with van der Waals surface area (Å²) >= 11 is 0. The molecule has 0 fully saturated rings. The van der Waals surface area contributed by atoms with E-state index in [1.54, 1.807) is 37.5 Å². The maximum Gasteiger partial charge on any atom is 0.217 e. The minimum Gasteiger partial charge on any atom is -0.223 e. The van der Waals surface area contributed by atoms with Crippen LogP contribution in [0.4, 0.5) is 4.39 Å². The molecule has 66 valence electrons. The topological polar surface area (TPSA) is 30.7 Å². The molecule has 0 saturated carbocycles. The van der Waals surface area contributed by atoms with Crippen LogP contribution in [0, 0.1) is 12.9 Å². The summed E-state index contributed by atoms with van der Waals surface area (Å²) in [6, 6.07) is 5.17. The fourth-order valence-electron chi connectivity index (χ4n) is 1.03. The van der Waals surface area contributed by atoms with Crippen molar-refractivity contribution in [3.05, 3.63) is 42.1 Å². The molecule has 0 spiro atoms. The first-order chi connectivity index (χ1) is 6.27. The van der Waals surface area contributed by atoms with Crippen LogP contribution in [-0.2, 0) is 0 Å². The molecule has 0 aliphatic carbocycles. The molecule has 13 heavy (non-hydrogen) atoms. The van der Waals surface area contributed by atoms with Crippen LogP contribution in [0.2, 0.25) is 0 Å². The molecule has 0 aromatic carbocycles. The van der Waals surface area contributed by atoms with Crippen molar-refractivity contribution >= 4 is 0 Å². The number of hydrogen-bond acceptors (Lipinski definition) is 2. The molecule has 0 unspecified atom stereocenters. The molecule has 0 amide bonds. The molecule has 0 N–H and O–H groups in total. The quantitative estimate of drug-likeness (QED) is 0.621. The fraction of sp³-hybridized carbons (Fsp3) is 0.111. The van der Waals surface area contributed by atoms with Gasteiger partial charge in [0.15, 0.2) is 5.82 Å². The van der Waals surface area contributed by atoms with E-state index in [1.165, 1.54) is 4.68 Å². The zero-order chi connectivity index (χ0) is 9.26. The lowest BCUT2D eigenvalue weighted by Gasteiger charge is -2.00. The van der Waals surface area contributed by atoms with Crippen molar-refractivity contribution in [2.24, 2.45) is 0 Å². The highest BCUT2D eigenvalue weighted by atomic mass is 19.1. The monoisotopic (exact) mass is 177 g/mol. The standard InChI is InChI=1S/C9H8FN3/c1-7-3-4-8(12-9(7)10)13-6-2-5-11-13/h2-6H,1H3. The third kappa shape index (κ3) is 1.42. The van der Waals surface area contributed by atoms with Gasteiger partial charge in [-0.1, -0.05) is 6.07 Å². The highest BCUT2D eigenvalue weighted by molar-refractivity contribution is 5.24. The second-order valence-corrected chi connectivity index (χ2v) is 2.73. The van der Waals surface area contributed by atoms with Crippen LogP contribution < -0.4 is 0 Å². The minimum atomic E-state index is -0.451. The minimum absolute atomic E-state index is 0.451. The van der Waals surface area contributed by atoms with Crippen molar-refractivity contribution in [1.29, 1.82) is 0 Å². The molecule has 2 aromatic heterocycles. The number of aryl methyl sites for hydroxylation is 1. The Morgan fingerprint density at radius 2 is 2.23 bits per heavy atom. The van der Waals surface area contributed by atoms with Gasteiger partial charge in [-0.15, -0.1) is 0 Å². The molecule has 0 aliphatic heterocycles. The Balaban J connectivity index is 2.49. The van der Waals surface area contributed by atoms with E-state index in [2.05, 4.69) is 10.1 Å². The molecule has 0 aliphatic rings. The number of nitrogens with zero attached hydrogens (tertiary/aromatic N) is 3. The number of hydrogen-bond donors (Lipinski definition) is 0. The number of pyridine rings is 1. The second-order valence-electron chi connectivity index (χ2n) is 2.73. The van der Waals surface area contributed by atoms with E-state index in [9.17, 15) is 4.39 Å². The SMILES string of the molecule is Cc1ccc(-n2cccn2)nc1F. The summed E-state index contributed by atoms with van der Waals surface area (Å²) in [4.78, 5) is 3.75. The van der Waals surface area contributed by atoms with Crippen LogP contribution in [0.5, 0.6) is 0 Å². The highest BCUT2D eigenvalue weighted by Crippen LogP contribution is 2.07. The molecule has 2 aromatic rings. The Hall–Kier alpha value is -1.71. The molecule has 2 rings (SSSR count). The van der Waals surface area contributed by atoms with Gasteiger partial charge in [-0.25, -0.2) is 4.68 Å². The van der Waals surface area contributed by atoms with E-state index in [4.69, 9.17) is 0 Å². The predicted molar refractivity (Wildman–Crippen MR) is 46.1 cm³/mol. The molecule has 0 saturated heterocycles. The molecular formula is C9H8FN3. The molecule has 4 heteroatoms. The number of aromatic nitrogens is 3. The van der Waals surface area contributed by atoms with Gasteiger partial charge in [-0.2, -0.15) is 14.5 Å². The van der Waals surface area contributed by atoms with Crippen LogP contribution in [0.1, 0.15) is 5.56 Å². The first-order valence-electron chi connectivity index (χ1n) is 3.90. The maximum atomic E-state index is 13.0. The van der Waals surface area contributed by atoms with Gasteiger partial charge in [0.2, 0.25) is 5.95 Å². The Morgan fingerprint density at radius 3 is 2.85 bits per heavy atom. The van der Waals surface area contributed by atoms with Gasteiger partial charge < -0.3 is 0 Å². The largest absolute Gasteiger partial charge is 0.223 e. The zero-order valence-electron chi connectivity index (χ0n) is 7.11. The Morgan fingerprint density at radius 1 is 1.38 bits per heavy atom. The van der Waals surface area contributed by atoms with Gasteiger partial charge in [0.1, 0.15) is 0 Å². The average Bonchev–Trinajstić information content (AvgIpc) is 2.62. The normalized spacial score (nSPS) is 10.3. The van der Waals surface area contributed by atoms with Gasteiger partial charge >= 0.3 is 0 Å². The van der Waals surface area contributed by atoms with Crippen molar-refractivity contribution in [1.82, 2.24) is 14.8 Å². The summed E-state index contributed by atoms with van der Waals surface area (Å²) in [7, 11) is 0. The summed E-state index contributed by atoms with van der Waals surface area (Å²) < 4.78 is 14.5. The first-order valence-corrected chi connectivity index (χ1v) is 3.90. The van der Waals surface area contributed by atoms with E-state index < -0.39 is 5.95 Å². The zero-order valence-corrected chi connectivity index (χ0v) is 7.11. The summed E-state index contributed by atoms with van der Waals surface area (Å²) in [6.07, 6.45) is 3.34. The van der Waals surface area contributed by atoms with E-state index in [-0.39, 0.29) is 0 Å². The van der Waals surface area contributed by atoms with Crippen LogP contribution in [0.25, 0.3) is 5.82 Å². The van der Waals surface area contributed by atoms with Crippen LogP contribution in [0.15, 0.2) is 30.6 Å². The van der Waals surface area contributed by atoms with Gasteiger partial charge in [-0.3, -0.25) is 0 Å². The fourth-order valence-corrected chi connectivity index (χ4v) is 1.03. The van der Waals surface area contributed by atoms with Crippen LogP contribution >= 0.6 is 0 Å². The Bertz CT molecular complexity index is 409. The van der Waals surface area contributed by atoms with Crippen molar-refractivity contribution in [3.8, 4) is 5.82 Å². The predicted octanol–water partition coefficient (Wildman–Crippen LogP) is 1.71. The smallest absolute Gasteiger partial charge is 0.217 e. The van der Waals surface area contributed by atoms with Crippen molar-refractivity contribution in [2.45, 2.75) is 6.92 Å². The second kappa shape index (κ2) is 2.97. The number of halogens is 1. The third-order valence-corrected chi connectivity index (χ3v) is 1.76. The molecule has 0 bridgehead atoms. The molecule has 2 heterocycles. The molecule has 3 nitrogen and oxygen atoms in total. The van der Waals surface area contributed by atoms with Crippen molar-refractivity contribution < 1.29 is 4.39 Å². The lowest BCUT2D eigenvalue weighted by molar-refractivity contribution is 0.568. The summed E-state index contributed by atoms with van der Waals surface area (Å²) in [6.45, 7) is 1.68.